The van der Waals surface area contributed by atoms with Crippen molar-refractivity contribution in [3.63, 3.8) is 0 Å². The van der Waals surface area contributed by atoms with Crippen LogP contribution in [0.3, 0.4) is 0 Å². The first kappa shape index (κ1) is 20.6. The zero-order valence-corrected chi connectivity index (χ0v) is 17.8. The fourth-order valence-electron chi connectivity index (χ4n) is 3.89. The van der Waals surface area contributed by atoms with E-state index in [1.54, 1.807) is 38.0 Å². The van der Waals surface area contributed by atoms with Crippen LogP contribution in [-0.4, -0.2) is 57.9 Å². The number of carbonyl (C=O) groups excluding carboxylic acids is 1. The molecule has 2 atom stereocenters. The van der Waals surface area contributed by atoms with Gasteiger partial charge < -0.3 is 19.1 Å². The number of methoxy groups -OCH3 is 2. The molecule has 9 nitrogen and oxygen atoms in total. The van der Waals surface area contributed by atoms with Crippen LogP contribution < -0.4 is 14.2 Å². The Morgan fingerprint density at radius 3 is 2.55 bits per heavy atom. The lowest BCUT2D eigenvalue weighted by molar-refractivity contribution is -0.138. The fourth-order valence-corrected chi connectivity index (χ4v) is 3.89. The lowest BCUT2D eigenvalue weighted by atomic mass is 10.0. The van der Waals surface area contributed by atoms with Gasteiger partial charge in [-0.2, -0.15) is 0 Å². The van der Waals surface area contributed by atoms with Gasteiger partial charge in [0.1, 0.15) is 23.6 Å². The second kappa shape index (κ2) is 9.03. The minimum atomic E-state index is -0.622. The number of carbonyl (C=O) groups is 1. The van der Waals surface area contributed by atoms with Crippen LogP contribution in [0.1, 0.15) is 31.4 Å². The van der Waals surface area contributed by atoms with Gasteiger partial charge >= 0.3 is 0 Å². The zero-order valence-electron chi connectivity index (χ0n) is 17.8. The number of benzene rings is 2. The summed E-state index contributed by atoms with van der Waals surface area (Å²) in [5.74, 6) is 1.99. The van der Waals surface area contributed by atoms with E-state index in [1.807, 2.05) is 35.2 Å². The van der Waals surface area contributed by atoms with Crippen molar-refractivity contribution in [3.05, 3.63) is 54.4 Å². The van der Waals surface area contributed by atoms with Crippen molar-refractivity contribution in [2.24, 2.45) is 0 Å². The third kappa shape index (κ3) is 4.30. The minimum Gasteiger partial charge on any atom is -0.497 e. The van der Waals surface area contributed by atoms with Gasteiger partial charge in [-0.15, -0.1) is 5.10 Å². The maximum Gasteiger partial charge on any atom is 0.263 e. The number of hydrogen-bond acceptors (Lipinski definition) is 7. The molecule has 1 aliphatic rings. The smallest absolute Gasteiger partial charge is 0.263 e. The summed E-state index contributed by atoms with van der Waals surface area (Å²) in [6, 6.07) is 12.9. The first-order valence-corrected chi connectivity index (χ1v) is 10.1. The molecule has 9 heteroatoms. The maximum atomic E-state index is 13.2. The van der Waals surface area contributed by atoms with E-state index in [2.05, 4.69) is 15.5 Å². The van der Waals surface area contributed by atoms with Crippen LogP contribution in [0.5, 0.6) is 17.2 Å². The monoisotopic (exact) mass is 423 g/mol. The molecule has 0 unspecified atom stereocenters. The summed E-state index contributed by atoms with van der Waals surface area (Å²) in [5, 5.41) is 11.1. The summed E-state index contributed by atoms with van der Waals surface area (Å²) in [7, 11) is 3.25. The van der Waals surface area contributed by atoms with Gasteiger partial charge in [-0.25, -0.2) is 4.68 Å². The van der Waals surface area contributed by atoms with Crippen molar-refractivity contribution in [2.75, 3.05) is 20.8 Å². The van der Waals surface area contributed by atoms with E-state index in [0.717, 1.165) is 35.6 Å². The predicted molar refractivity (Wildman–Crippen MR) is 112 cm³/mol. The quantitative estimate of drug-likeness (QED) is 0.577. The van der Waals surface area contributed by atoms with Crippen LogP contribution >= 0.6 is 0 Å². The Morgan fingerprint density at radius 1 is 1.10 bits per heavy atom. The fraction of sp³-hybridized carbons (Fsp3) is 0.364. The molecule has 4 rings (SSSR count). The molecular weight excluding hydrogens is 398 g/mol. The molecule has 1 aromatic heterocycles. The van der Waals surface area contributed by atoms with Gasteiger partial charge in [-0.1, -0.05) is 0 Å². The lowest BCUT2D eigenvalue weighted by Crippen LogP contribution is -2.40. The summed E-state index contributed by atoms with van der Waals surface area (Å²) in [5.41, 5.74) is 1.79. The van der Waals surface area contributed by atoms with Gasteiger partial charge in [0.2, 0.25) is 0 Å². The molecule has 0 N–H and O–H groups in total. The van der Waals surface area contributed by atoms with E-state index in [4.69, 9.17) is 14.2 Å². The van der Waals surface area contributed by atoms with Crippen molar-refractivity contribution < 1.29 is 19.0 Å². The second-order valence-electron chi connectivity index (χ2n) is 7.31. The topological polar surface area (TPSA) is 91.6 Å². The van der Waals surface area contributed by atoms with E-state index in [0.29, 0.717) is 12.3 Å². The number of ether oxygens (including phenoxy) is 3. The number of hydrogen-bond donors (Lipinski definition) is 0. The molecule has 1 fully saturated rings. The van der Waals surface area contributed by atoms with E-state index < -0.39 is 6.10 Å². The van der Waals surface area contributed by atoms with Gasteiger partial charge in [-0.05, 0) is 66.6 Å². The van der Waals surface area contributed by atoms with Gasteiger partial charge in [0.25, 0.3) is 5.91 Å². The van der Waals surface area contributed by atoms with E-state index in [9.17, 15) is 4.79 Å². The normalized spacial score (nSPS) is 16.7. The summed E-state index contributed by atoms with van der Waals surface area (Å²) in [6.07, 6.45) is 2.70. The molecule has 0 saturated carbocycles. The van der Waals surface area contributed by atoms with Gasteiger partial charge in [0.15, 0.2) is 6.10 Å². The standard InChI is InChI=1S/C22H25N5O4/c1-15(31-17-8-6-16(7-9-17)27-14-23-24-25-27)22(28)26-12-4-5-20(26)19-11-10-18(29-2)13-21(19)30-3/h6-11,13-15,20H,4-5,12H2,1-3H3/t15-,20-/m1/s1. The van der Waals surface area contributed by atoms with Crippen LogP contribution in [0.15, 0.2) is 48.8 Å². The van der Waals surface area contributed by atoms with E-state index >= 15 is 0 Å². The van der Waals surface area contributed by atoms with Crippen molar-refractivity contribution in [1.29, 1.82) is 0 Å². The summed E-state index contributed by atoms with van der Waals surface area (Å²) in [4.78, 5) is 15.1. The molecule has 0 radical (unpaired) electrons. The van der Waals surface area contributed by atoms with Crippen molar-refractivity contribution >= 4 is 5.91 Å². The third-order valence-electron chi connectivity index (χ3n) is 5.45. The highest BCUT2D eigenvalue weighted by Crippen LogP contribution is 2.39. The Hall–Kier alpha value is -3.62. The average molecular weight is 423 g/mol. The Labute approximate surface area is 180 Å². The van der Waals surface area contributed by atoms with E-state index in [1.165, 1.54) is 6.33 Å². The van der Waals surface area contributed by atoms with Crippen LogP contribution in [0.25, 0.3) is 5.69 Å². The Kier molecular flexibility index (Phi) is 6.01. The molecule has 2 heterocycles. The number of nitrogens with zero attached hydrogens (tertiary/aromatic N) is 5. The third-order valence-corrected chi connectivity index (χ3v) is 5.45. The highest BCUT2D eigenvalue weighted by atomic mass is 16.5. The number of amides is 1. The van der Waals surface area contributed by atoms with Crippen molar-refractivity contribution in [2.45, 2.75) is 31.9 Å². The van der Waals surface area contributed by atoms with E-state index in [-0.39, 0.29) is 11.9 Å². The van der Waals surface area contributed by atoms with Crippen molar-refractivity contribution in [1.82, 2.24) is 25.1 Å². The first-order valence-electron chi connectivity index (χ1n) is 10.1. The largest absolute Gasteiger partial charge is 0.497 e. The molecule has 1 aliphatic heterocycles. The molecule has 2 aromatic carbocycles. The molecule has 0 aliphatic carbocycles. The van der Waals surface area contributed by atoms with Gasteiger partial charge in [0, 0.05) is 18.2 Å². The summed E-state index contributed by atoms with van der Waals surface area (Å²) < 4.78 is 18.3. The molecule has 1 saturated heterocycles. The number of tetrazole rings is 1. The first-order chi connectivity index (χ1) is 15.1. The summed E-state index contributed by atoms with van der Waals surface area (Å²) in [6.45, 7) is 2.46. The molecule has 0 bridgehead atoms. The highest BCUT2D eigenvalue weighted by molar-refractivity contribution is 5.81. The SMILES string of the molecule is COc1ccc([C@H]2CCCN2C(=O)[C@@H](C)Oc2ccc(-n3cnnn3)cc2)c(OC)c1. The van der Waals surface area contributed by atoms with Crippen molar-refractivity contribution in [3.8, 4) is 22.9 Å². The second-order valence-corrected chi connectivity index (χ2v) is 7.31. The average Bonchev–Trinajstić information content (AvgIpc) is 3.51. The Bertz CT molecular complexity index is 1020. The lowest BCUT2D eigenvalue weighted by Gasteiger charge is -2.29. The number of likely N-dealkylation sites (tertiary alicyclic amines) is 1. The maximum absolute atomic E-state index is 13.2. The minimum absolute atomic E-state index is 0.0510. The van der Waals surface area contributed by atoms with Gasteiger partial charge in [-0.3, -0.25) is 4.79 Å². The molecule has 0 spiro atoms. The van der Waals surface area contributed by atoms with Crippen LogP contribution in [-0.2, 0) is 4.79 Å². The molecule has 162 valence electrons. The Balaban J connectivity index is 1.47. The highest BCUT2D eigenvalue weighted by Gasteiger charge is 2.34. The molecule has 31 heavy (non-hydrogen) atoms. The number of rotatable bonds is 7. The summed E-state index contributed by atoms with van der Waals surface area (Å²) >= 11 is 0. The van der Waals surface area contributed by atoms with Gasteiger partial charge in [0.05, 0.1) is 25.9 Å². The predicted octanol–water partition coefficient (Wildman–Crippen LogP) is 2.81. The zero-order chi connectivity index (χ0) is 21.8. The molecular formula is C22H25N5O4. The molecule has 3 aromatic rings. The van der Waals surface area contributed by atoms with Crippen LogP contribution in [0.4, 0.5) is 0 Å². The van der Waals surface area contributed by atoms with Crippen LogP contribution in [0.2, 0.25) is 0 Å². The molecule has 1 amide bonds. The van der Waals surface area contributed by atoms with Crippen LogP contribution in [0, 0.1) is 0 Å². The Morgan fingerprint density at radius 2 is 1.87 bits per heavy atom. The number of aromatic nitrogens is 4.